The van der Waals surface area contributed by atoms with E-state index in [1.807, 2.05) is 19.1 Å². The zero-order valence-electron chi connectivity index (χ0n) is 21.7. The maximum absolute atomic E-state index is 12.4. The number of rotatable bonds is 7. The lowest BCUT2D eigenvalue weighted by molar-refractivity contribution is -0.132. The van der Waals surface area contributed by atoms with Gasteiger partial charge in [-0.25, -0.2) is 4.79 Å². The number of hydrogen-bond acceptors (Lipinski definition) is 5. The Bertz CT molecular complexity index is 862. The summed E-state index contributed by atoms with van der Waals surface area (Å²) in [7, 11) is 0. The van der Waals surface area contributed by atoms with Crippen molar-refractivity contribution < 1.29 is 23.9 Å². The maximum Gasteiger partial charge on any atom is 0.408 e. The van der Waals surface area contributed by atoms with E-state index in [0.717, 1.165) is 29.7 Å². The second kappa shape index (κ2) is 11.6. The van der Waals surface area contributed by atoms with E-state index in [1.165, 1.54) is 0 Å². The topological polar surface area (TPSA) is 97.0 Å². The van der Waals surface area contributed by atoms with Crippen LogP contribution in [0.2, 0.25) is 0 Å². The summed E-state index contributed by atoms with van der Waals surface area (Å²) in [5.41, 5.74) is 1.56. The van der Waals surface area contributed by atoms with E-state index in [4.69, 9.17) is 9.47 Å². The van der Waals surface area contributed by atoms with Crippen LogP contribution in [-0.2, 0) is 19.7 Å². The summed E-state index contributed by atoms with van der Waals surface area (Å²) in [5, 5.41) is 5.47. The van der Waals surface area contributed by atoms with Crippen LogP contribution in [0, 0.1) is 12.8 Å². The molecule has 8 nitrogen and oxygen atoms in total. The van der Waals surface area contributed by atoms with Gasteiger partial charge in [0.1, 0.15) is 17.9 Å². The fraction of sp³-hybridized carbons (Fsp3) is 0.654. The summed E-state index contributed by atoms with van der Waals surface area (Å²) < 4.78 is 11.0. The molecule has 0 aliphatic carbocycles. The van der Waals surface area contributed by atoms with Crippen LogP contribution < -0.4 is 15.4 Å². The molecule has 190 valence electrons. The number of likely N-dealkylation sites (tertiary alicyclic amines) is 1. The third-order valence-corrected chi connectivity index (χ3v) is 5.64. The van der Waals surface area contributed by atoms with E-state index in [2.05, 4.69) is 37.5 Å². The predicted octanol–water partition coefficient (Wildman–Crippen LogP) is 3.55. The van der Waals surface area contributed by atoms with Crippen molar-refractivity contribution in [1.29, 1.82) is 0 Å². The van der Waals surface area contributed by atoms with Crippen molar-refractivity contribution in [2.45, 2.75) is 72.3 Å². The van der Waals surface area contributed by atoms with Crippen molar-refractivity contribution in [3.63, 3.8) is 0 Å². The summed E-state index contributed by atoms with van der Waals surface area (Å²) in [6.07, 6.45) is 0.998. The van der Waals surface area contributed by atoms with Gasteiger partial charge in [-0.05, 0) is 63.5 Å². The Balaban J connectivity index is 1.70. The molecule has 1 fully saturated rings. The average Bonchev–Trinajstić information content (AvgIpc) is 2.73. The molecule has 3 amide bonds. The molecule has 0 aromatic heterocycles. The van der Waals surface area contributed by atoms with Gasteiger partial charge < -0.3 is 25.0 Å². The average molecular weight is 476 g/mol. The van der Waals surface area contributed by atoms with Gasteiger partial charge in [0, 0.05) is 19.6 Å². The predicted molar refractivity (Wildman–Crippen MR) is 132 cm³/mol. The van der Waals surface area contributed by atoms with Crippen molar-refractivity contribution in [2.24, 2.45) is 5.92 Å². The van der Waals surface area contributed by atoms with E-state index in [9.17, 15) is 14.4 Å². The minimum atomic E-state index is -0.601. The van der Waals surface area contributed by atoms with E-state index in [1.54, 1.807) is 25.7 Å². The first-order valence-electron chi connectivity index (χ1n) is 12.0. The molecule has 0 bridgehead atoms. The summed E-state index contributed by atoms with van der Waals surface area (Å²) in [6, 6.07) is 6.01. The van der Waals surface area contributed by atoms with Gasteiger partial charge in [-0.2, -0.15) is 0 Å². The van der Waals surface area contributed by atoms with Crippen molar-refractivity contribution in [2.75, 3.05) is 32.8 Å². The molecule has 0 unspecified atom stereocenters. The first kappa shape index (κ1) is 27.5. The first-order valence-corrected chi connectivity index (χ1v) is 12.0. The second-order valence-corrected chi connectivity index (χ2v) is 11.0. The van der Waals surface area contributed by atoms with Gasteiger partial charge in [0.05, 0.1) is 0 Å². The quantitative estimate of drug-likeness (QED) is 0.629. The van der Waals surface area contributed by atoms with Gasteiger partial charge in [0.2, 0.25) is 5.91 Å². The monoisotopic (exact) mass is 475 g/mol. The lowest BCUT2D eigenvalue weighted by Crippen LogP contribution is -2.46. The first-order chi connectivity index (χ1) is 15.7. The highest BCUT2D eigenvalue weighted by atomic mass is 16.6. The van der Waals surface area contributed by atoms with Crippen molar-refractivity contribution in [3.8, 4) is 5.75 Å². The standard InChI is InChI=1S/C26H41N3O5/c1-18-8-9-21(20(14-18)25(2,3)4)33-17-22(30)27-15-19-10-12-29(13-11-19)23(31)16-28-24(32)34-26(5,6)7/h8-9,14,19H,10-13,15-17H2,1-7H3,(H,27,30)(H,28,32). The minimum Gasteiger partial charge on any atom is -0.483 e. The third kappa shape index (κ3) is 9.23. The van der Waals surface area contributed by atoms with E-state index in [-0.39, 0.29) is 30.4 Å². The van der Waals surface area contributed by atoms with Crippen molar-refractivity contribution in [1.82, 2.24) is 15.5 Å². The number of amides is 3. The van der Waals surface area contributed by atoms with Crippen LogP contribution in [0.25, 0.3) is 0 Å². The molecule has 8 heteroatoms. The molecular formula is C26H41N3O5. The summed E-state index contributed by atoms with van der Waals surface area (Å²) >= 11 is 0. The number of nitrogens with one attached hydrogen (secondary N) is 2. The Morgan fingerprint density at radius 2 is 1.68 bits per heavy atom. The molecule has 0 atom stereocenters. The van der Waals surface area contributed by atoms with E-state index >= 15 is 0 Å². The summed E-state index contributed by atoms with van der Waals surface area (Å²) in [4.78, 5) is 38.2. The van der Waals surface area contributed by atoms with Crippen LogP contribution in [-0.4, -0.2) is 61.2 Å². The lowest BCUT2D eigenvalue weighted by atomic mass is 9.85. The fourth-order valence-corrected chi connectivity index (χ4v) is 3.77. The fourth-order valence-electron chi connectivity index (χ4n) is 3.77. The Morgan fingerprint density at radius 3 is 2.26 bits per heavy atom. The molecule has 1 heterocycles. The maximum atomic E-state index is 12.4. The molecule has 34 heavy (non-hydrogen) atoms. The zero-order valence-corrected chi connectivity index (χ0v) is 21.7. The molecule has 0 saturated carbocycles. The van der Waals surface area contributed by atoms with Gasteiger partial charge >= 0.3 is 6.09 Å². The molecule has 2 N–H and O–H groups in total. The lowest BCUT2D eigenvalue weighted by Gasteiger charge is -2.32. The van der Waals surface area contributed by atoms with Crippen LogP contribution in [0.4, 0.5) is 4.79 Å². The molecule has 2 rings (SSSR count). The number of ether oxygens (including phenoxy) is 2. The number of alkyl carbamates (subject to hydrolysis) is 1. The normalized spacial score (nSPS) is 15.0. The van der Waals surface area contributed by atoms with Crippen LogP contribution in [0.15, 0.2) is 18.2 Å². The Labute approximate surface area is 203 Å². The van der Waals surface area contributed by atoms with E-state index in [0.29, 0.717) is 25.6 Å². The highest BCUT2D eigenvalue weighted by Gasteiger charge is 2.24. The van der Waals surface area contributed by atoms with Gasteiger partial charge in [-0.15, -0.1) is 0 Å². The van der Waals surface area contributed by atoms with Crippen LogP contribution in [0.3, 0.4) is 0 Å². The molecule has 0 spiro atoms. The molecular weight excluding hydrogens is 434 g/mol. The third-order valence-electron chi connectivity index (χ3n) is 5.64. The second-order valence-electron chi connectivity index (χ2n) is 11.0. The Hall–Kier alpha value is -2.77. The number of hydrogen-bond donors (Lipinski definition) is 2. The molecule has 0 radical (unpaired) electrons. The Kier molecular flexibility index (Phi) is 9.36. The van der Waals surface area contributed by atoms with Crippen LogP contribution >= 0.6 is 0 Å². The number of piperidine rings is 1. The number of aryl methyl sites for hydroxylation is 1. The SMILES string of the molecule is Cc1ccc(OCC(=O)NCC2CCN(C(=O)CNC(=O)OC(C)(C)C)CC2)c(C(C)(C)C)c1. The number of carbonyl (C=O) groups is 3. The molecule has 1 aliphatic heterocycles. The number of benzene rings is 1. The summed E-state index contributed by atoms with van der Waals surface area (Å²) in [5.74, 6) is 0.756. The molecule has 1 saturated heterocycles. The largest absolute Gasteiger partial charge is 0.483 e. The zero-order chi connectivity index (χ0) is 25.5. The van der Waals surface area contributed by atoms with Gasteiger partial charge in [-0.3, -0.25) is 9.59 Å². The highest BCUT2D eigenvalue weighted by molar-refractivity contribution is 5.82. The van der Waals surface area contributed by atoms with Crippen molar-refractivity contribution in [3.05, 3.63) is 29.3 Å². The number of carbonyl (C=O) groups excluding carboxylic acids is 3. The van der Waals surface area contributed by atoms with Crippen LogP contribution in [0.1, 0.15) is 65.5 Å². The van der Waals surface area contributed by atoms with Gasteiger partial charge in [-0.1, -0.05) is 38.5 Å². The summed E-state index contributed by atoms with van der Waals surface area (Å²) in [6.45, 7) is 15.4. The van der Waals surface area contributed by atoms with Crippen molar-refractivity contribution >= 4 is 17.9 Å². The van der Waals surface area contributed by atoms with Gasteiger partial charge in [0.25, 0.3) is 5.91 Å². The molecule has 1 aromatic rings. The minimum absolute atomic E-state index is 0.0280. The Morgan fingerprint density at radius 1 is 1.03 bits per heavy atom. The smallest absolute Gasteiger partial charge is 0.408 e. The van der Waals surface area contributed by atoms with Crippen LogP contribution in [0.5, 0.6) is 5.75 Å². The highest BCUT2D eigenvalue weighted by Crippen LogP contribution is 2.32. The number of nitrogens with zero attached hydrogens (tertiary/aromatic N) is 1. The molecule has 1 aromatic carbocycles. The van der Waals surface area contributed by atoms with E-state index < -0.39 is 11.7 Å². The molecule has 1 aliphatic rings. The van der Waals surface area contributed by atoms with Gasteiger partial charge in [0.15, 0.2) is 6.61 Å².